The van der Waals surface area contributed by atoms with Gasteiger partial charge in [-0.1, -0.05) is 0 Å². The van der Waals surface area contributed by atoms with Gasteiger partial charge in [0, 0.05) is 0 Å². The van der Waals surface area contributed by atoms with E-state index in [2.05, 4.69) is 21.3 Å². The second-order valence-electron chi connectivity index (χ2n) is 3.33. The minimum atomic E-state index is 1.67. The van der Waals surface area contributed by atoms with E-state index in [1.54, 1.807) is 88.3 Å². The summed E-state index contributed by atoms with van der Waals surface area (Å²) in [4.78, 5) is 0. The predicted molar refractivity (Wildman–Crippen MR) is 95.2 cm³/mol. The van der Waals surface area contributed by atoms with E-state index in [4.69, 9.17) is 0 Å². The molecule has 0 aromatic rings. The van der Waals surface area contributed by atoms with Gasteiger partial charge in [0.2, 0.25) is 0 Å². The van der Waals surface area contributed by atoms with Crippen LogP contribution in [-0.2, 0) is 31.9 Å². The quantitative estimate of drug-likeness (QED) is 0.380. The standard InChI is InChI=1S/C8H8.4C2H6N.2W/c1-2-4-6-8-7-5-3-1;4*1-3-2;;/h1-8H;4*1-2H3;;/q;4*-1;;. The van der Waals surface area contributed by atoms with Crippen LogP contribution in [0.3, 0.4) is 0 Å². The van der Waals surface area contributed by atoms with E-state index in [1.165, 1.54) is 0 Å². The van der Waals surface area contributed by atoms with Crippen molar-refractivity contribution in [3.05, 3.63) is 72.6 Å². The van der Waals surface area contributed by atoms with E-state index < -0.39 is 0 Å². The minimum absolute atomic E-state index is 1.67. The van der Waals surface area contributed by atoms with Gasteiger partial charge in [-0.05, 0) is 51.4 Å². The van der Waals surface area contributed by atoms with Gasteiger partial charge < -0.3 is 21.3 Å². The van der Waals surface area contributed by atoms with Gasteiger partial charge in [0.1, 0.15) is 0 Å². The second kappa shape index (κ2) is 57.3. The van der Waals surface area contributed by atoms with E-state index in [-0.39, 0.29) is 0 Å². The molecule has 0 heterocycles. The third-order valence-electron chi connectivity index (χ3n) is 0.889. The summed E-state index contributed by atoms with van der Waals surface area (Å²) < 4.78 is 0. The van der Waals surface area contributed by atoms with Gasteiger partial charge in [-0.25, -0.2) is 0 Å². The number of rotatable bonds is 0. The summed E-state index contributed by atoms with van der Waals surface area (Å²) in [5, 5.41) is 14.0. The Morgan fingerprint density at radius 1 is 0.364 bits per heavy atom. The number of nitrogens with zero attached hydrogens (tertiary/aromatic N) is 4. The average Bonchev–Trinajstić information content (AvgIpc) is 2.43. The fourth-order valence-corrected chi connectivity index (χ4v) is 0.513. The molecule has 0 aromatic carbocycles. The van der Waals surface area contributed by atoms with E-state index in [9.17, 15) is 0 Å². The van der Waals surface area contributed by atoms with Crippen LogP contribution in [0.2, 0.25) is 0 Å². The SMILES string of the molecule is C[N-]C.C[N-]C.C[N-]C.C[N-]C.[CH]1[CH][CH][CH][CH][CH][CH][CH]1.[W]#[W]. The van der Waals surface area contributed by atoms with Gasteiger partial charge in [-0.2, -0.15) is 56.4 Å². The summed E-state index contributed by atoms with van der Waals surface area (Å²) in [5.41, 5.74) is 0. The van der Waals surface area contributed by atoms with Gasteiger partial charge in [0.05, 0.1) is 0 Å². The van der Waals surface area contributed by atoms with Crippen molar-refractivity contribution in [2.75, 3.05) is 56.4 Å². The molecule has 0 unspecified atom stereocenters. The molecular weight excluding hydrogens is 616 g/mol. The van der Waals surface area contributed by atoms with Gasteiger partial charge in [-0.3, -0.25) is 0 Å². The maximum absolute atomic E-state index is 3.50. The summed E-state index contributed by atoms with van der Waals surface area (Å²) in [6.07, 6.45) is 16.0. The summed E-state index contributed by atoms with van der Waals surface area (Å²) in [7, 11) is 14.0. The van der Waals surface area contributed by atoms with E-state index in [0.29, 0.717) is 0 Å². The van der Waals surface area contributed by atoms with Crippen LogP contribution in [-0.4, -0.2) is 56.4 Å². The number of hydrogen-bond acceptors (Lipinski definition) is 0. The molecule has 6 heteroatoms. The Hall–Kier alpha value is 1.22. The first-order valence-electron chi connectivity index (χ1n) is 6.41. The van der Waals surface area contributed by atoms with Crippen LogP contribution in [0.1, 0.15) is 0 Å². The van der Waals surface area contributed by atoms with Crippen molar-refractivity contribution < 1.29 is 31.9 Å². The zero-order valence-electron chi connectivity index (χ0n) is 15.2. The predicted octanol–water partition coefficient (Wildman–Crippen LogP) is 4.11. The molecule has 1 aliphatic carbocycles. The van der Waals surface area contributed by atoms with E-state index in [0.717, 1.165) is 0 Å². The zero-order valence-corrected chi connectivity index (χ0v) is 21.1. The van der Waals surface area contributed by atoms with Crippen LogP contribution < -0.4 is 0 Å². The average molecular weight is 648 g/mol. The molecule has 0 atom stereocenters. The van der Waals surface area contributed by atoms with Gasteiger partial charge in [0.15, 0.2) is 0 Å². The van der Waals surface area contributed by atoms with Crippen LogP contribution in [0, 0.1) is 51.4 Å². The molecule has 0 N–H and O–H groups in total. The van der Waals surface area contributed by atoms with Crippen molar-refractivity contribution >= 4 is 0 Å². The van der Waals surface area contributed by atoms with Crippen LogP contribution in [0.4, 0.5) is 0 Å². The summed E-state index contributed by atoms with van der Waals surface area (Å²) in [5.74, 6) is 0. The fourth-order valence-electron chi connectivity index (χ4n) is 0.513. The van der Waals surface area contributed by atoms with Crippen molar-refractivity contribution in [2.24, 2.45) is 0 Å². The Kier molecular flexibility index (Phi) is 89.9. The van der Waals surface area contributed by atoms with Crippen LogP contribution in [0.15, 0.2) is 0 Å². The van der Waals surface area contributed by atoms with E-state index in [1.807, 2.05) is 51.4 Å². The maximum atomic E-state index is 3.50. The Morgan fingerprint density at radius 3 is 0.455 bits per heavy atom. The molecule has 0 bridgehead atoms. The van der Waals surface area contributed by atoms with Crippen molar-refractivity contribution in [2.45, 2.75) is 0 Å². The van der Waals surface area contributed by atoms with Crippen molar-refractivity contribution in [1.82, 2.24) is 0 Å². The normalized spacial score (nSPS) is 12.1. The molecule has 1 saturated carbocycles. The molecule has 1 rings (SSSR count). The molecule has 22 heavy (non-hydrogen) atoms. The molecule has 0 aromatic heterocycles. The molecule has 1 aliphatic rings. The van der Waals surface area contributed by atoms with Crippen molar-refractivity contribution in [3.8, 4) is 0 Å². The van der Waals surface area contributed by atoms with Crippen molar-refractivity contribution in [1.29, 1.82) is 0 Å². The Bertz CT molecular complexity index is 105. The third-order valence-corrected chi connectivity index (χ3v) is 0.889. The second-order valence-corrected chi connectivity index (χ2v) is 3.33. The summed E-state index contributed by atoms with van der Waals surface area (Å²) in [6.45, 7) is 0. The summed E-state index contributed by atoms with van der Waals surface area (Å²) in [6, 6.07) is 0. The van der Waals surface area contributed by atoms with Crippen LogP contribution in [0.5, 0.6) is 0 Å². The van der Waals surface area contributed by atoms with E-state index >= 15 is 0 Å². The third kappa shape index (κ3) is 102. The molecule has 0 saturated heterocycles. The van der Waals surface area contributed by atoms with Gasteiger partial charge in [-0.15, -0.1) is 0 Å². The Morgan fingerprint density at radius 2 is 0.409 bits per heavy atom. The van der Waals surface area contributed by atoms with Crippen LogP contribution >= 0.6 is 0 Å². The molecular formula is C16H32N4W2-4. The first-order valence-corrected chi connectivity index (χ1v) is 17.4. The molecule has 132 valence electrons. The molecule has 0 aliphatic heterocycles. The molecule has 0 spiro atoms. The Labute approximate surface area is 160 Å². The topological polar surface area (TPSA) is 56.4 Å². The zero-order chi connectivity index (χ0) is 18.5. The first kappa shape index (κ1) is 34.5. The van der Waals surface area contributed by atoms with Gasteiger partial charge >= 0.3 is 31.9 Å². The molecule has 1 fully saturated rings. The molecule has 8 radical (unpaired) electrons. The monoisotopic (exact) mass is 648 g/mol. The number of hydrogen-bond donors (Lipinski definition) is 0. The first-order chi connectivity index (χ1) is 10.7. The molecule has 0 amide bonds. The Balaban J connectivity index is -0.0000000591. The van der Waals surface area contributed by atoms with Crippen molar-refractivity contribution in [3.63, 3.8) is 0 Å². The fraction of sp³-hybridized carbons (Fsp3) is 0.500. The van der Waals surface area contributed by atoms with Crippen LogP contribution in [0.25, 0.3) is 21.3 Å². The molecule has 4 nitrogen and oxygen atoms in total. The summed E-state index contributed by atoms with van der Waals surface area (Å²) >= 11 is 3.33. The van der Waals surface area contributed by atoms with Gasteiger partial charge in [0.25, 0.3) is 0 Å².